The zero-order valence-corrected chi connectivity index (χ0v) is 13.3. The molecule has 0 saturated heterocycles. The molecule has 0 spiro atoms. The lowest BCUT2D eigenvalue weighted by Gasteiger charge is -2.25. The van der Waals surface area contributed by atoms with E-state index < -0.39 is 0 Å². The largest absolute Gasteiger partial charge is 0.328 e. The zero-order valence-electron chi connectivity index (χ0n) is 13.3. The van der Waals surface area contributed by atoms with Gasteiger partial charge in [-0.15, -0.1) is 0 Å². The third-order valence-electron chi connectivity index (χ3n) is 4.86. The van der Waals surface area contributed by atoms with E-state index in [1.165, 1.54) is 96.3 Å². The topological polar surface area (TPSA) is 26.0 Å². The van der Waals surface area contributed by atoms with E-state index in [4.69, 9.17) is 5.73 Å². The fourth-order valence-corrected chi connectivity index (χ4v) is 3.40. The third kappa shape index (κ3) is 9.49. The van der Waals surface area contributed by atoms with Crippen molar-refractivity contribution >= 4 is 0 Å². The van der Waals surface area contributed by atoms with Crippen LogP contribution in [0.3, 0.4) is 0 Å². The van der Waals surface area contributed by atoms with Gasteiger partial charge in [0.05, 0.1) is 0 Å². The lowest BCUT2D eigenvalue weighted by atomic mass is 9.83. The molecule has 0 bridgehead atoms. The number of unbranched alkanes of at least 4 members (excludes halogenated alkanes) is 9. The van der Waals surface area contributed by atoms with E-state index in [-0.39, 0.29) is 0 Å². The molecule has 0 radical (unpaired) electrons. The van der Waals surface area contributed by atoms with Crippen LogP contribution in [0.4, 0.5) is 0 Å². The molecule has 1 fully saturated rings. The summed E-state index contributed by atoms with van der Waals surface area (Å²) in [5.41, 5.74) is 5.95. The van der Waals surface area contributed by atoms with Gasteiger partial charge in [0.25, 0.3) is 0 Å². The maximum Gasteiger partial charge on any atom is 0.00390 e. The van der Waals surface area contributed by atoms with Gasteiger partial charge in [0.15, 0.2) is 0 Å². The van der Waals surface area contributed by atoms with Crippen LogP contribution in [0.1, 0.15) is 103 Å². The van der Waals surface area contributed by atoms with Gasteiger partial charge in [-0.1, -0.05) is 77.6 Å². The smallest absolute Gasteiger partial charge is 0.00390 e. The van der Waals surface area contributed by atoms with E-state index in [2.05, 4.69) is 6.92 Å². The second kappa shape index (κ2) is 11.8. The Labute approximate surface area is 121 Å². The molecule has 1 aliphatic carbocycles. The quantitative estimate of drug-likeness (QED) is 0.469. The summed E-state index contributed by atoms with van der Waals surface area (Å²) >= 11 is 0. The molecule has 0 aromatic heterocycles. The first-order valence-electron chi connectivity index (χ1n) is 9.08. The summed E-state index contributed by atoms with van der Waals surface area (Å²) in [6, 6.07) is 0.518. The van der Waals surface area contributed by atoms with Gasteiger partial charge in [-0.2, -0.15) is 0 Å². The highest BCUT2D eigenvalue weighted by Gasteiger charge is 2.17. The molecule has 0 aliphatic heterocycles. The molecule has 1 heteroatoms. The minimum Gasteiger partial charge on any atom is -0.328 e. The predicted molar refractivity (Wildman–Crippen MR) is 86.4 cm³/mol. The van der Waals surface area contributed by atoms with E-state index in [9.17, 15) is 0 Å². The highest BCUT2D eigenvalue weighted by Crippen LogP contribution is 2.27. The van der Waals surface area contributed by atoms with E-state index in [0.29, 0.717) is 6.04 Å². The predicted octanol–water partition coefficient (Wildman–Crippen LogP) is 5.81. The van der Waals surface area contributed by atoms with Crippen LogP contribution < -0.4 is 5.73 Å². The number of rotatable bonds is 11. The van der Waals surface area contributed by atoms with Crippen LogP contribution in [-0.4, -0.2) is 6.04 Å². The Balaban J connectivity index is 1.76. The molecule has 1 rings (SSSR count). The SMILES string of the molecule is CCCCCCCCCCCCC1CCC(N)CC1. The molecular formula is C18H37N. The van der Waals surface area contributed by atoms with Gasteiger partial charge in [0, 0.05) is 6.04 Å². The molecule has 2 N–H and O–H groups in total. The molecule has 0 aromatic rings. The number of nitrogens with two attached hydrogens (primary N) is 1. The first-order valence-corrected chi connectivity index (χ1v) is 9.08. The Morgan fingerprint density at radius 2 is 1.16 bits per heavy atom. The van der Waals surface area contributed by atoms with Crippen molar-refractivity contribution in [3.05, 3.63) is 0 Å². The Kier molecular flexibility index (Phi) is 10.5. The van der Waals surface area contributed by atoms with Crippen LogP contribution in [0.2, 0.25) is 0 Å². The highest BCUT2D eigenvalue weighted by molar-refractivity contribution is 4.74. The van der Waals surface area contributed by atoms with Gasteiger partial charge in [0.1, 0.15) is 0 Å². The average molecular weight is 268 g/mol. The molecule has 0 amide bonds. The summed E-state index contributed by atoms with van der Waals surface area (Å²) in [4.78, 5) is 0. The highest BCUT2D eigenvalue weighted by atomic mass is 14.6. The van der Waals surface area contributed by atoms with E-state index in [0.717, 1.165) is 5.92 Å². The van der Waals surface area contributed by atoms with E-state index in [1.807, 2.05) is 0 Å². The second-order valence-corrected chi connectivity index (χ2v) is 6.75. The van der Waals surface area contributed by atoms with Crippen LogP contribution in [0.15, 0.2) is 0 Å². The molecule has 114 valence electrons. The van der Waals surface area contributed by atoms with Crippen molar-refractivity contribution in [3.8, 4) is 0 Å². The molecule has 0 atom stereocenters. The molecule has 1 nitrogen and oxygen atoms in total. The summed E-state index contributed by atoms with van der Waals surface area (Å²) in [5.74, 6) is 1.01. The molecule has 0 heterocycles. The average Bonchev–Trinajstić information content (AvgIpc) is 2.43. The number of hydrogen-bond donors (Lipinski definition) is 1. The van der Waals surface area contributed by atoms with Crippen molar-refractivity contribution in [1.82, 2.24) is 0 Å². The minimum absolute atomic E-state index is 0.518. The van der Waals surface area contributed by atoms with E-state index in [1.54, 1.807) is 0 Å². The van der Waals surface area contributed by atoms with Crippen molar-refractivity contribution in [2.75, 3.05) is 0 Å². The molecule has 1 saturated carbocycles. The van der Waals surface area contributed by atoms with Gasteiger partial charge < -0.3 is 5.73 Å². The lowest BCUT2D eigenvalue weighted by molar-refractivity contribution is 0.302. The van der Waals surface area contributed by atoms with Crippen molar-refractivity contribution < 1.29 is 0 Å². The van der Waals surface area contributed by atoms with Gasteiger partial charge in [-0.25, -0.2) is 0 Å². The summed E-state index contributed by atoms with van der Waals surface area (Å²) in [7, 11) is 0. The van der Waals surface area contributed by atoms with Crippen LogP contribution in [0, 0.1) is 5.92 Å². The monoisotopic (exact) mass is 267 g/mol. The van der Waals surface area contributed by atoms with Crippen LogP contribution in [-0.2, 0) is 0 Å². The Hall–Kier alpha value is -0.0400. The van der Waals surface area contributed by atoms with Crippen LogP contribution in [0.5, 0.6) is 0 Å². The normalized spacial score (nSPS) is 23.7. The van der Waals surface area contributed by atoms with Gasteiger partial charge in [-0.3, -0.25) is 0 Å². The zero-order chi connectivity index (χ0) is 13.8. The Morgan fingerprint density at radius 3 is 1.68 bits per heavy atom. The first kappa shape index (κ1) is 17.0. The maximum atomic E-state index is 5.95. The Morgan fingerprint density at radius 1 is 0.684 bits per heavy atom. The Bertz CT molecular complexity index is 182. The summed E-state index contributed by atoms with van der Waals surface area (Å²) in [6.45, 7) is 2.29. The minimum atomic E-state index is 0.518. The molecule has 1 aliphatic rings. The fraction of sp³-hybridized carbons (Fsp3) is 1.00. The van der Waals surface area contributed by atoms with Crippen molar-refractivity contribution in [2.45, 2.75) is 109 Å². The molecular weight excluding hydrogens is 230 g/mol. The second-order valence-electron chi connectivity index (χ2n) is 6.75. The fourth-order valence-electron chi connectivity index (χ4n) is 3.40. The molecule has 0 aromatic carbocycles. The number of hydrogen-bond acceptors (Lipinski definition) is 1. The van der Waals surface area contributed by atoms with Gasteiger partial charge in [-0.05, 0) is 31.6 Å². The first-order chi connectivity index (χ1) is 9.33. The van der Waals surface area contributed by atoms with Crippen molar-refractivity contribution in [2.24, 2.45) is 11.7 Å². The van der Waals surface area contributed by atoms with Gasteiger partial charge >= 0.3 is 0 Å². The standard InChI is InChI=1S/C18H37N/c1-2-3-4-5-6-7-8-9-10-11-12-17-13-15-18(19)16-14-17/h17-18H,2-16,19H2,1H3. The molecule has 19 heavy (non-hydrogen) atoms. The lowest BCUT2D eigenvalue weighted by Crippen LogP contribution is -2.26. The van der Waals surface area contributed by atoms with Crippen LogP contribution in [0.25, 0.3) is 0 Å². The summed E-state index contributed by atoms with van der Waals surface area (Å²) in [5, 5.41) is 0. The maximum absolute atomic E-state index is 5.95. The van der Waals surface area contributed by atoms with E-state index >= 15 is 0 Å². The van der Waals surface area contributed by atoms with Crippen LogP contribution >= 0.6 is 0 Å². The van der Waals surface area contributed by atoms with Gasteiger partial charge in [0.2, 0.25) is 0 Å². The summed E-state index contributed by atoms with van der Waals surface area (Å²) < 4.78 is 0. The van der Waals surface area contributed by atoms with Crippen molar-refractivity contribution in [1.29, 1.82) is 0 Å². The molecule has 0 unspecified atom stereocenters. The van der Waals surface area contributed by atoms with Crippen molar-refractivity contribution in [3.63, 3.8) is 0 Å². The summed E-state index contributed by atoms with van der Waals surface area (Å²) in [6.07, 6.45) is 21.4. The third-order valence-corrected chi connectivity index (χ3v) is 4.86.